The van der Waals surface area contributed by atoms with Gasteiger partial charge in [-0.25, -0.2) is 0 Å². The third-order valence-corrected chi connectivity index (χ3v) is 1.54. The number of hydrogen-bond acceptors (Lipinski definition) is 0. The van der Waals surface area contributed by atoms with Crippen LogP contribution in [-0.4, -0.2) is 0 Å². The third-order valence-electron chi connectivity index (χ3n) is 1.54. The van der Waals surface area contributed by atoms with Crippen molar-refractivity contribution in [3.63, 3.8) is 0 Å². The van der Waals surface area contributed by atoms with E-state index in [-0.39, 0.29) is 16.5 Å². The molecule has 60 valence electrons. The molecule has 9 heavy (non-hydrogen) atoms. The SMILES string of the molecule is [CH2-]C(CC)CCCC.[Ni]. The first-order chi connectivity index (χ1) is 3.81. The molecule has 0 aliphatic carbocycles. The Kier molecular flexibility index (Phi) is 11.5. The van der Waals surface area contributed by atoms with Gasteiger partial charge in [-0.1, -0.05) is 39.5 Å². The molecule has 0 aromatic carbocycles. The van der Waals surface area contributed by atoms with Gasteiger partial charge >= 0.3 is 0 Å². The van der Waals surface area contributed by atoms with Crippen molar-refractivity contribution in [1.82, 2.24) is 0 Å². The summed E-state index contributed by atoms with van der Waals surface area (Å²) in [4.78, 5) is 0. The molecule has 0 aromatic rings. The predicted molar refractivity (Wildman–Crippen MR) is 38.7 cm³/mol. The fourth-order valence-corrected chi connectivity index (χ4v) is 0.697. The van der Waals surface area contributed by atoms with Gasteiger partial charge in [-0.05, 0) is 0 Å². The Balaban J connectivity index is 0. The largest absolute Gasteiger partial charge is 0.340 e. The Hall–Kier alpha value is 0.494. The van der Waals surface area contributed by atoms with Gasteiger partial charge in [-0.3, -0.25) is 0 Å². The topological polar surface area (TPSA) is 0 Å². The Morgan fingerprint density at radius 2 is 1.89 bits per heavy atom. The van der Waals surface area contributed by atoms with E-state index >= 15 is 0 Å². The average Bonchev–Trinajstić information content (AvgIpc) is 1.83. The maximum Gasteiger partial charge on any atom is 0 e. The Morgan fingerprint density at radius 3 is 2.22 bits per heavy atom. The summed E-state index contributed by atoms with van der Waals surface area (Å²) in [7, 11) is 0. The molecule has 0 heterocycles. The van der Waals surface area contributed by atoms with Crippen LogP contribution in [0.5, 0.6) is 0 Å². The van der Waals surface area contributed by atoms with E-state index in [1.54, 1.807) is 0 Å². The summed E-state index contributed by atoms with van der Waals surface area (Å²) >= 11 is 0. The van der Waals surface area contributed by atoms with Crippen LogP contribution in [-0.2, 0) is 16.5 Å². The molecule has 1 heteroatoms. The van der Waals surface area contributed by atoms with Gasteiger partial charge in [0.2, 0.25) is 0 Å². The summed E-state index contributed by atoms with van der Waals surface area (Å²) < 4.78 is 0. The molecule has 0 fully saturated rings. The van der Waals surface area contributed by atoms with E-state index in [9.17, 15) is 0 Å². The van der Waals surface area contributed by atoms with E-state index in [2.05, 4.69) is 20.8 Å². The first-order valence-electron chi connectivity index (χ1n) is 3.64. The fraction of sp³-hybridized carbons (Fsp3) is 0.875. The summed E-state index contributed by atoms with van der Waals surface area (Å²) in [5.74, 6) is 0.704. The zero-order valence-corrected chi connectivity index (χ0v) is 7.42. The van der Waals surface area contributed by atoms with Crippen molar-refractivity contribution in [1.29, 1.82) is 0 Å². The minimum Gasteiger partial charge on any atom is -0.340 e. The number of unbranched alkanes of at least 4 members (excludes halogenated alkanes) is 1. The van der Waals surface area contributed by atoms with Crippen LogP contribution in [0, 0.1) is 12.8 Å². The normalized spacial score (nSPS) is 12.3. The molecule has 0 bridgehead atoms. The monoisotopic (exact) mass is 171 g/mol. The van der Waals surface area contributed by atoms with Crippen LogP contribution in [0.3, 0.4) is 0 Å². The van der Waals surface area contributed by atoms with E-state index in [1.165, 1.54) is 25.7 Å². The van der Waals surface area contributed by atoms with E-state index in [4.69, 9.17) is 0 Å². The molecule has 1 unspecified atom stereocenters. The summed E-state index contributed by atoms with van der Waals surface area (Å²) in [5.41, 5.74) is 0. The molecule has 0 rings (SSSR count). The van der Waals surface area contributed by atoms with Gasteiger partial charge in [0.05, 0.1) is 0 Å². The van der Waals surface area contributed by atoms with Gasteiger partial charge in [-0.15, -0.1) is 0 Å². The summed E-state index contributed by atoms with van der Waals surface area (Å²) in [6, 6.07) is 0. The fourth-order valence-electron chi connectivity index (χ4n) is 0.697. The minimum absolute atomic E-state index is 0. The number of hydrogen-bond donors (Lipinski definition) is 0. The Morgan fingerprint density at radius 1 is 1.33 bits per heavy atom. The zero-order chi connectivity index (χ0) is 6.41. The summed E-state index contributed by atoms with van der Waals surface area (Å²) in [6.45, 7) is 8.42. The van der Waals surface area contributed by atoms with Crippen LogP contribution in [0.4, 0.5) is 0 Å². The van der Waals surface area contributed by atoms with Gasteiger partial charge in [0.15, 0.2) is 0 Å². The predicted octanol–water partition coefficient (Wildman–Crippen LogP) is 3.03. The van der Waals surface area contributed by atoms with Crippen molar-refractivity contribution in [3.8, 4) is 0 Å². The quantitative estimate of drug-likeness (QED) is 0.451. The van der Waals surface area contributed by atoms with Crippen molar-refractivity contribution in [2.45, 2.75) is 39.5 Å². The van der Waals surface area contributed by atoms with Crippen LogP contribution >= 0.6 is 0 Å². The second-order valence-corrected chi connectivity index (χ2v) is 2.42. The molecule has 0 aromatic heterocycles. The van der Waals surface area contributed by atoms with Crippen LogP contribution in [0.2, 0.25) is 0 Å². The molecule has 0 aliphatic heterocycles. The van der Waals surface area contributed by atoms with Crippen LogP contribution in [0.15, 0.2) is 0 Å². The van der Waals surface area contributed by atoms with E-state index < -0.39 is 0 Å². The van der Waals surface area contributed by atoms with E-state index in [0.717, 1.165) is 0 Å². The maximum atomic E-state index is 3.99. The van der Waals surface area contributed by atoms with Crippen molar-refractivity contribution in [2.75, 3.05) is 0 Å². The van der Waals surface area contributed by atoms with Gasteiger partial charge in [-0.2, -0.15) is 5.92 Å². The minimum atomic E-state index is 0. The third kappa shape index (κ3) is 8.49. The molecule has 0 aliphatic rings. The molecule has 0 amide bonds. The first-order valence-corrected chi connectivity index (χ1v) is 3.64. The van der Waals surface area contributed by atoms with Crippen molar-refractivity contribution in [2.24, 2.45) is 5.92 Å². The van der Waals surface area contributed by atoms with Crippen molar-refractivity contribution in [3.05, 3.63) is 6.92 Å². The summed E-state index contributed by atoms with van der Waals surface area (Å²) in [6.07, 6.45) is 5.21. The van der Waals surface area contributed by atoms with Gasteiger partial charge in [0, 0.05) is 16.5 Å². The standard InChI is InChI=1S/C8H17.Ni/c1-4-6-7-8(3)5-2;/h8H,3-7H2,1-2H3;/q-1;. The summed E-state index contributed by atoms with van der Waals surface area (Å²) in [5, 5.41) is 0. The maximum absolute atomic E-state index is 3.99. The molecular weight excluding hydrogens is 155 g/mol. The Labute approximate surface area is 69.3 Å². The number of rotatable bonds is 4. The van der Waals surface area contributed by atoms with Crippen LogP contribution in [0.1, 0.15) is 39.5 Å². The zero-order valence-electron chi connectivity index (χ0n) is 6.43. The van der Waals surface area contributed by atoms with Crippen molar-refractivity contribution >= 4 is 0 Å². The first kappa shape index (κ1) is 12.2. The second kappa shape index (κ2) is 8.49. The van der Waals surface area contributed by atoms with Gasteiger partial charge in [0.25, 0.3) is 0 Å². The molecule has 0 nitrogen and oxygen atoms in total. The molecule has 0 radical (unpaired) electrons. The van der Waals surface area contributed by atoms with E-state index in [1.807, 2.05) is 0 Å². The second-order valence-electron chi connectivity index (χ2n) is 2.42. The molecule has 0 N–H and O–H groups in total. The van der Waals surface area contributed by atoms with E-state index in [0.29, 0.717) is 5.92 Å². The van der Waals surface area contributed by atoms with Gasteiger partial charge < -0.3 is 6.92 Å². The van der Waals surface area contributed by atoms with Gasteiger partial charge in [0.1, 0.15) is 0 Å². The molecular formula is C8H17Ni-. The molecule has 0 spiro atoms. The molecule has 1 atom stereocenters. The average molecular weight is 172 g/mol. The molecule has 0 saturated carbocycles. The van der Waals surface area contributed by atoms with Crippen LogP contribution < -0.4 is 0 Å². The van der Waals surface area contributed by atoms with Crippen LogP contribution in [0.25, 0.3) is 0 Å². The Bertz CT molecular complexity index is 43.8. The van der Waals surface area contributed by atoms with Crippen molar-refractivity contribution < 1.29 is 16.5 Å². The smallest absolute Gasteiger partial charge is 0 e. The molecule has 0 saturated heterocycles.